The molecule has 0 spiro atoms. The molecule has 0 unspecified atom stereocenters. The molecule has 2 fully saturated rings. The van der Waals surface area contributed by atoms with E-state index in [0.717, 1.165) is 49.8 Å². The lowest BCUT2D eigenvalue weighted by Gasteiger charge is -2.28. The summed E-state index contributed by atoms with van der Waals surface area (Å²) in [5, 5.41) is 10.5. The first-order chi connectivity index (χ1) is 11.0. The van der Waals surface area contributed by atoms with Crippen LogP contribution in [0.1, 0.15) is 50.5 Å². The summed E-state index contributed by atoms with van der Waals surface area (Å²) in [5.74, 6) is 0.998. The highest BCUT2D eigenvalue weighted by molar-refractivity contribution is 5.91. The molecule has 2 aliphatic carbocycles. The Morgan fingerprint density at radius 1 is 1.17 bits per heavy atom. The van der Waals surface area contributed by atoms with E-state index in [-0.39, 0.29) is 11.3 Å². The number of hydrogen-bond acceptors (Lipinski definition) is 3. The molecule has 0 radical (unpaired) electrons. The number of hydrogen-bond donors (Lipinski definition) is 1. The number of rotatable bonds is 6. The second-order valence-corrected chi connectivity index (χ2v) is 7.22. The lowest BCUT2D eigenvalue weighted by atomic mass is 9.93. The summed E-state index contributed by atoms with van der Waals surface area (Å²) < 4.78 is 5.19. The Balaban J connectivity index is 1.63. The minimum Gasteiger partial charge on any atom is -0.497 e. The molecular formula is C19H27NO3. The zero-order chi connectivity index (χ0) is 16.5. The maximum Gasteiger partial charge on any atom is 0.232 e. The van der Waals surface area contributed by atoms with E-state index in [0.29, 0.717) is 13.0 Å². The van der Waals surface area contributed by atoms with Crippen LogP contribution >= 0.6 is 0 Å². The number of ether oxygens (including phenoxy) is 1. The second kappa shape index (κ2) is 6.16. The van der Waals surface area contributed by atoms with Gasteiger partial charge in [0.1, 0.15) is 5.75 Å². The summed E-state index contributed by atoms with van der Waals surface area (Å²) in [6.45, 7) is 0.632. The maximum atomic E-state index is 12.9. The zero-order valence-electron chi connectivity index (χ0n) is 14.2. The van der Waals surface area contributed by atoms with Gasteiger partial charge in [-0.3, -0.25) is 4.79 Å². The number of likely N-dealkylation sites (N-methyl/N-ethyl adjacent to an activating group) is 1. The number of aliphatic hydroxyl groups is 1. The van der Waals surface area contributed by atoms with Crippen LogP contribution in [-0.2, 0) is 10.2 Å². The summed E-state index contributed by atoms with van der Waals surface area (Å²) in [4.78, 5) is 14.7. The molecule has 2 aliphatic rings. The number of amides is 1. The van der Waals surface area contributed by atoms with Gasteiger partial charge in [0.15, 0.2) is 0 Å². The Bertz CT molecular complexity index is 556. The number of carbonyl (C=O) groups excluding carboxylic acids is 1. The molecule has 1 aromatic rings. The first-order valence-corrected chi connectivity index (χ1v) is 8.62. The van der Waals surface area contributed by atoms with Crippen LogP contribution in [-0.4, -0.2) is 42.2 Å². The number of carbonyl (C=O) groups is 1. The van der Waals surface area contributed by atoms with Gasteiger partial charge in [-0.05, 0) is 49.8 Å². The van der Waals surface area contributed by atoms with Gasteiger partial charge in [-0.15, -0.1) is 0 Å². The van der Waals surface area contributed by atoms with Crippen molar-refractivity contribution >= 4 is 5.91 Å². The van der Waals surface area contributed by atoms with Crippen molar-refractivity contribution in [2.75, 3.05) is 20.7 Å². The number of benzene rings is 1. The fraction of sp³-hybridized carbons (Fsp3) is 0.632. The predicted molar refractivity (Wildman–Crippen MR) is 89.6 cm³/mol. The SMILES string of the molecule is COc1ccc(C2(C(=O)N(C)CCC3(O)CCCC3)CC2)cc1. The fourth-order valence-corrected chi connectivity index (χ4v) is 3.79. The van der Waals surface area contributed by atoms with E-state index in [1.54, 1.807) is 7.11 Å². The Kier molecular flexibility index (Phi) is 4.37. The lowest BCUT2D eigenvalue weighted by Crippen LogP contribution is -2.40. The predicted octanol–water partition coefficient (Wildman–Crippen LogP) is 2.88. The van der Waals surface area contributed by atoms with Crippen molar-refractivity contribution in [3.63, 3.8) is 0 Å². The molecule has 2 saturated carbocycles. The van der Waals surface area contributed by atoms with Crippen molar-refractivity contribution in [2.24, 2.45) is 0 Å². The summed E-state index contributed by atoms with van der Waals surface area (Å²) >= 11 is 0. The van der Waals surface area contributed by atoms with E-state index in [1.807, 2.05) is 36.2 Å². The van der Waals surface area contributed by atoms with Crippen LogP contribution in [0.5, 0.6) is 5.75 Å². The van der Waals surface area contributed by atoms with Crippen LogP contribution in [0.3, 0.4) is 0 Å². The molecule has 0 aromatic heterocycles. The standard InChI is InChI=1S/C19H27NO3/c1-20(14-13-18(22)9-3-4-10-18)17(21)19(11-12-19)15-5-7-16(23-2)8-6-15/h5-8,22H,3-4,9-14H2,1-2H3. The van der Waals surface area contributed by atoms with Crippen LogP contribution in [0, 0.1) is 0 Å². The lowest BCUT2D eigenvalue weighted by molar-refractivity contribution is -0.133. The minimum atomic E-state index is -0.550. The van der Waals surface area contributed by atoms with Crippen molar-refractivity contribution in [3.05, 3.63) is 29.8 Å². The van der Waals surface area contributed by atoms with Gasteiger partial charge in [0, 0.05) is 13.6 Å². The van der Waals surface area contributed by atoms with Gasteiger partial charge in [-0.2, -0.15) is 0 Å². The Morgan fingerprint density at radius 3 is 2.30 bits per heavy atom. The molecule has 1 amide bonds. The Hall–Kier alpha value is -1.55. The van der Waals surface area contributed by atoms with E-state index < -0.39 is 5.60 Å². The fourth-order valence-electron chi connectivity index (χ4n) is 3.79. The van der Waals surface area contributed by atoms with Gasteiger partial charge in [-0.25, -0.2) is 0 Å². The monoisotopic (exact) mass is 317 g/mol. The molecule has 1 aromatic carbocycles. The molecule has 1 N–H and O–H groups in total. The van der Waals surface area contributed by atoms with Crippen molar-refractivity contribution in [1.82, 2.24) is 4.90 Å². The van der Waals surface area contributed by atoms with Crippen molar-refractivity contribution in [3.8, 4) is 5.75 Å². The molecule has 0 bridgehead atoms. The Morgan fingerprint density at radius 2 is 1.78 bits per heavy atom. The van der Waals surface area contributed by atoms with E-state index in [4.69, 9.17) is 4.74 Å². The third-order valence-electron chi connectivity index (χ3n) is 5.60. The van der Waals surface area contributed by atoms with Gasteiger partial charge in [0.2, 0.25) is 5.91 Å². The summed E-state index contributed by atoms with van der Waals surface area (Å²) in [5.41, 5.74) is 0.180. The largest absolute Gasteiger partial charge is 0.497 e. The minimum absolute atomic E-state index is 0.185. The van der Waals surface area contributed by atoms with Gasteiger partial charge < -0.3 is 14.7 Å². The van der Waals surface area contributed by atoms with Gasteiger partial charge in [0.25, 0.3) is 0 Å². The number of methoxy groups -OCH3 is 1. The molecule has 0 saturated heterocycles. The summed E-state index contributed by atoms with van der Waals surface area (Å²) in [6.07, 6.45) is 6.46. The molecule has 126 valence electrons. The molecular weight excluding hydrogens is 290 g/mol. The van der Waals surface area contributed by atoms with Crippen LogP contribution in [0.2, 0.25) is 0 Å². The maximum absolute atomic E-state index is 12.9. The topological polar surface area (TPSA) is 49.8 Å². The third kappa shape index (κ3) is 3.23. The van der Waals surface area contributed by atoms with Gasteiger partial charge in [0.05, 0.1) is 18.1 Å². The van der Waals surface area contributed by atoms with E-state index in [9.17, 15) is 9.90 Å². The van der Waals surface area contributed by atoms with Crippen LogP contribution in [0.4, 0.5) is 0 Å². The summed E-state index contributed by atoms with van der Waals surface area (Å²) in [6, 6.07) is 7.85. The molecule has 0 heterocycles. The van der Waals surface area contributed by atoms with Crippen LogP contribution in [0.25, 0.3) is 0 Å². The highest BCUT2D eigenvalue weighted by atomic mass is 16.5. The second-order valence-electron chi connectivity index (χ2n) is 7.22. The van der Waals surface area contributed by atoms with Crippen molar-refractivity contribution < 1.29 is 14.6 Å². The average molecular weight is 317 g/mol. The van der Waals surface area contributed by atoms with E-state index in [2.05, 4.69) is 0 Å². The molecule has 4 nitrogen and oxygen atoms in total. The summed E-state index contributed by atoms with van der Waals surface area (Å²) in [7, 11) is 3.51. The van der Waals surface area contributed by atoms with Crippen molar-refractivity contribution in [2.45, 2.75) is 56.0 Å². The third-order valence-corrected chi connectivity index (χ3v) is 5.60. The highest BCUT2D eigenvalue weighted by Crippen LogP contribution is 2.49. The van der Waals surface area contributed by atoms with E-state index >= 15 is 0 Å². The molecule has 3 rings (SSSR count). The first-order valence-electron chi connectivity index (χ1n) is 8.62. The zero-order valence-corrected chi connectivity index (χ0v) is 14.2. The smallest absolute Gasteiger partial charge is 0.232 e. The Labute approximate surface area is 138 Å². The van der Waals surface area contributed by atoms with Crippen LogP contribution in [0.15, 0.2) is 24.3 Å². The molecule has 23 heavy (non-hydrogen) atoms. The first kappa shape index (κ1) is 16.3. The number of nitrogens with zero attached hydrogens (tertiary/aromatic N) is 1. The van der Waals surface area contributed by atoms with Gasteiger partial charge in [-0.1, -0.05) is 25.0 Å². The molecule has 4 heteroatoms. The normalized spacial score (nSPS) is 21.0. The van der Waals surface area contributed by atoms with Crippen molar-refractivity contribution in [1.29, 1.82) is 0 Å². The van der Waals surface area contributed by atoms with E-state index in [1.165, 1.54) is 0 Å². The van der Waals surface area contributed by atoms with Gasteiger partial charge >= 0.3 is 0 Å². The van der Waals surface area contributed by atoms with Crippen LogP contribution < -0.4 is 4.74 Å². The molecule has 0 atom stereocenters. The quantitative estimate of drug-likeness (QED) is 0.878. The average Bonchev–Trinajstić information content (AvgIpc) is 3.28. The molecule has 0 aliphatic heterocycles. The highest BCUT2D eigenvalue weighted by Gasteiger charge is 2.52.